The number of hydrogen-bond acceptors (Lipinski definition) is 2. The molecule has 0 fully saturated rings. The molecule has 0 spiro atoms. The Kier molecular flexibility index (Phi) is 4.02. The molecule has 0 radical (unpaired) electrons. The van der Waals surface area contributed by atoms with Gasteiger partial charge in [0.1, 0.15) is 5.75 Å². The molecule has 0 aromatic heterocycles. The number of methoxy groups -OCH3 is 1. The summed E-state index contributed by atoms with van der Waals surface area (Å²) in [4.78, 5) is 0. The molecule has 15 heavy (non-hydrogen) atoms. The Balaban J connectivity index is 2.38. The van der Waals surface area contributed by atoms with Crippen LogP contribution in [0.3, 0.4) is 0 Å². The summed E-state index contributed by atoms with van der Waals surface area (Å²) in [6.45, 7) is -4.53. The van der Waals surface area contributed by atoms with Gasteiger partial charge in [0, 0.05) is 6.54 Å². The summed E-state index contributed by atoms with van der Waals surface area (Å²) in [7, 11) is 1.54. The third kappa shape index (κ3) is 4.74. The van der Waals surface area contributed by atoms with E-state index in [-0.39, 0.29) is 6.54 Å². The van der Waals surface area contributed by atoms with Crippen molar-refractivity contribution >= 4 is 6.98 Å². The predicted octanol–water partition coefficient (Wildman–Crippen LogP) is 2.17. The molecule has 6 heteroatoms. The maximum absolute atomic E-state index is 11.9. The number of benzene rings is 1. The van der Waals surface area contributed by atoms with Gasteiger partial charge in [0.05, 0.1) is 7.11 Å². The van der Waals surface area contributed by atoms with Crippen molar-refractivity contribution in [1.82, 2.24) is 5.32 Å². The SMILES string of the molecule is COc1ccc(CNC[B-](F)(F)F)cc1. The van der Waals surface area contributed by atoms with Gasteiger partial charge in [0.2, 0.25) is 0 Å². The summed E-state index contributed by atoms with van der Waals surface area (Å²) in [5, 5.41) is 2.34. The van der Waals surface area contributed by atoms with Crippen LogP contribution in [-0.2, 0) is 6.54 Å². The molecule has 1 aromatic rings. The van der Waals surface area contributed by atoms with Crippen molar-refractivity contribution in [2.45, 2.75) is 6.54 Å². The molecule has 0 unspecified atom stereocenters. The molecule has 0 bridgehead atoms. The molecule has 84 valence electrons. The van der Waals surface area contributed by atoms with Crippen LogP contribution < -0.4 is 10.1 Å². The van der Waals surface area contributed by atoms with Crippen LogP contribution >= 0.6 is 0 Å². The Morgan fingerprint density at radius 3 is 2.27 bits per heavy atom. The lowest BCUT2D eigenvalue weighted by Gasteiger charge is -2.14. The van der Waals surface area contributed by atoms with Crippen molar-refractivity contribution in [3.63, 3.8) is 0 Å². The fourth-order valence-electron chi connectivity index (χ4n) is 1.12. The molecule has 0 atom stereocenters. The third-order valence-electron chi connectivity index (χ3n) is 1.86. The van der Waals surface area contributed by atoms with Crippen molar-refractivity contribution in [3.05, 3.63) is 29.8 Å². The number of hydrogen-bond donors (Lipinski definition) is 1. The van der Waals surface area contributed by atoms with Gasteiger partial charge in [0.25, 0.3) is 0 Å². The quantitative estimate of drug-likeness (QED) is 0.764. The summed E-state index contributed by atoms with van der Waals surface area (Å²) >= 11 is 0. The third-order valence-corrected chi connectivity index (χ3v) is 1.86. The molecule has 1 N–H and O–H groups in total. The summed E-state index contributed by atoms with van der Waals surface area (Å²) < 4.78 is 40.5. The molecule has 0 saturated heterocycles. The fraction of sp³-hybridized carbons (Fsp3) is 0.333. The van der Waals surface area contributed by atoms with Gasteiger partial charge in [-0.15, -0.1) is 0 Å². The van der Waals surface area contributed by atoms with E-state index >= 15 is 0 Å². The predicted molar refractivity (Wildman–Crippen MR) is 53.8 cm³/mol. The molecule has 1 rings (SSSR count). The molecule has 2 nitrogen and oxygen atoms in total. The van der Waals surface area contributed by atoms with E-state index in [0.717, 1.165) is 5.56 Å². The van der Waals surface area contributed by atoms with Gasteiger partial charge in [-0.2, -0.15) is 0 Å². The summed E-state index contributed by atoms with van der Waals surface area (Å²) in [5.74, 6) is 0.693. The zero-order valence-corrected chi connectivity index (χ0v) is 8.34. The van der Waals surface area contributed by atoms with Crippen LogP contribution in [0.15, 0.2) is 24.3 Å². The van der Waals surface area contributed by atoms with Crippen LogP contribution in [0.2, 0.25) is 0 Å². The van der Waals surface area contributed by atoms with Gasteiger partial charge in [-0.1, -0.05) is 12.1 Å². The molecular formula is C9H12BF3NO-. The van der Waals surface area contributed by atoms with E-state index in [2.05, 4.69) is 5.32 Å². The highest BCUT2D eigenvalue weighted by Crippen LogP contribution is 2.11. The number of ether oxygens (including phenoxy) is 1. The summed E-state index contributed by atoms with van der Waals surface area (Å²) in [5.41, 5.74) is 0.802. The fourth-order valence-corrected chi connectivity index (χ4v) is 1.12. The van der Waals surface area contributed by atoms with Crippen LogP contribution in [-0.4, -0.2) is 20.5 Å². The Bertz CT molecular complexity index is 299. The minimum atomic E-state index is -4.75. The van der Waals surface area contributed by atoms with Gasteiger partial charge in [-0.05, 0) is 24.1 Å². The Morgan fingerprint density at radius 2 is 1.80 bits per heavy atom. The molecule has 0 amide bonds. The molecule has 1 aromatic carbocycles. The molecule has 0 aliphatic carbocycles. The standard InChI is InChI=1S/C9H12BF3NO/c1-15-9-4-2-8(3-5-9)6-14-7-10(11,12)13/h2-5,14H,6-7H2,1H3/q-1. The molecule has 0 aliphatic rings. The lowest BCUT2D eigenvalue weighted by Crippen LogP contribution is -2.33. The van der Waals surface area contributed by atoms with Gasteiger partial charge >= 0.3 is 6.98 Å². The second kappa shape index (κ2) is 5.07. The first kappa shape index (κ1) is 11.9. The molecular weight excluding hydrogens is 206 g/mol. The first-order chi connectivity index (χ1) is 7.01. The summed E-state index contributed by atoms with van der Waals surface area (Å²) in [6.07, 6.45) is -0.911. The Morgan fingerprint density at radius 1 is 1.20 bits per heavy atom. The first-order valence-electron chi connectivity index (χ1n) is 4.56. The van der Waals surface area contributed by atoms with E-state index in [1.54, 1.807) is 31.4 Å². The average Bonchev–Trinajstić information content (AvgIpc) is 2.17. The van der Waals surface area contributed by atoms with Gasteiger partial charge in [-0.25, -0.2) is 0 Å². The highest BCUT2D eigenvalue weighted by atomic mass is 19.4. The van der Waals surface area contributed by atoms with Crippen LogP contribution in [0.5, 0.6) is 5.75 Å². The lowest BCUT2D eigenvalue weighted by atomic mass is 9.92. The Hall–Kier alpha value is -1.17. The van der Waals surface area contributed by atoms with Crippen LogP contribution in [0.1, 0.15) is 5.56 Å². The average molecular weight is 218 g/mol. The van der Waals surface area contributed by atoms with E-state index in [4.69, 9.17) is 4.74 Å². The number of halogens is 3. The molecule has 0 heterocycles. The topological polar surface area (TPSA) is 21.3 Å². The van der Waals surface area contributed by atoms with Crippen LogP contribution in [0.4, 0.5) is 12.9 Å². The van der Waals surface area contributed by atoms with Crippen molar-refractivity contribution in [1.29, 1.82) is 0 Å². The van der Waals surface area contributed by atoms with Crippen LogP contribution in [0, 0.1) is 0 Å². The monoisotopic (exact) mass is 218 g/mol. The van der Waals surface area contributed by atoms with Crippen molar-refractivity contribution in [2.75, 3.05) is 13.6 Å². The maximum Gasteiger partial charge on any atom is 0.491 e. The minimum absolute atomic E-state index is 0.214. The Labute approximate surface area is 86.5 Å². The van der Waals surface area contributed by atoms with E-state index in [1.165, 1.54) is 0 Å². The minimum Gasteiger partial charge on any atom is -0.497 e. The smallest absolute Gasteiger partial charge is 0.491 e. The van der Waals surface area contributed by atoms with Gasteiger partial charge in [-0.3, -0.25) is 0 Å². The summed E-state index contributed by atoms with van der Waals surface area (Å²) in [6, 6.07) is 6.90. The highest BCUT2D eigenvalue weighted by Gasteiger charge is 2.21. The van der Waals surface area contributed by atoms with Gasteiger partial charge in [0.15, 0.2) is 0 Å². The zero-order valence-electron chi connectivity index (χ0n) is 8.34. The van der Waals surface area contributed by atoms with Crippen molar-refractivity contribution < 1.29 is 17.7 Å². The lowest BCUT2D eigenvalue weighted by molar-refractivity contribution is 0.414. The first-order valence-corrected chi connectivity index (χ1v) is 4.56. The number of nitrogens with one attached hydrogen (secondary N) is 1. The van der Waals surface area contributed by atoms with E-state index in [9.17, 15) is 12.9 Å². The van der Waals surface area contributed by atoms with E-state index < -0.39 is 13.4 Å². The number of rotatable bonds is 5. The zero-order chi connectivity index (χ0) is 11.3. The molecule has 0 aliphatic heterocycles. The maximum atomic E-state index is 11.9. The second-order valence-corrected chi connectivity index (χ2v) is 3.19. The van der Waals surface area contributed by atoms with Gasteiger partial charge < -0.3 is 23.0 Å². The molecule has 0 saturated carbocycles. The highest BCUT2D eigenvalue weighted by molar-refractivity contribution is 6.58. The normalized spacial score (nSPS) is 11.5. The van der Waals surface area contributed by atoms with Crippen LogP contribution in [0.25, 0.3) is 0 Å². The van der Waals surface area contributed by atoms with E-state index in [0.29, 0.717) is 5.75 Å². The van der Waals surface area contributed by atoms with Crippen molar-refractivity contribution in [3.8, 4) is 5.75 Å². The second-order valence-electron chi connectivity index (χ2n) is 3.19. The van der Waals surface area contributed by atoms with E-state index in [1.807, 2.05) is 0 Å². The largest absolute Gasteiger partial charge is 0.497 e. The van der Waals surface area contributed by atoms with Crippen molar-refractivity contribution in [2.24, 2.45) is 0 Å².